The van der Waals surface area contributed by atoms with Crippen LogP contribution in [0.4, 0.5) is 10.2 Å². The standard InChI is InChI=1S/C11H9BrClFN4/c1-5-9(14)11(18-15)17-10(16-5)7-3-2-6(13)4-8(7)12/h2-4H,15H2,1H3,(H,16,17,18). The molecule has 0 spiro atoms. The van der Waals surface area contributed by atoms with Crippen LogP contribution in [0, 0.1) is 12.7 Å². The van der Waals surface area contributed by atoms with Crippen LogP contribution in [0.5, 0.6) is 0 Å². The number of anilines is 1. The molecule has 0 aliphatic heterocycles. The van der Waals surface area contributed by atoms with Crippen molar-refractivity contribution in [3.63, 3.8) is 0 Å². The maximum atomic E-state index is 13.6. The number of nitrogens with two attached hydrogens (primary N) is 1. The smallest absolute Gasteiger partial charge is 0.187 e. The Morgan fingerprint density at radius 1 is 1.39 bits per heavy atom. The van der Waals surface area contributed by atoms with E-state index >= 15 is 0 Å². The molecule has 1 aromatic heterocycles. The third-order valence-electron chi connectivity index (χ3n) is 2.33. The summed E-state index contributed by atoms with van der Waals surface area (Å²) in [6, 6.07) is 5.17. The molecule has 1 aromatic carbocycles. The van der Waals surface area contributed by atoms with Gasteiger partial charge in [-0.1, -0.05) is 11.6 Å². The molecule has 2 rings (SSSR count). The molecule has 0 aliphatic carbocycles. The van der Waals surface area contributed by atoms with Crippen LogP contribution in [-0.4, -0.2) is 9.97 Å². The van der Waals surface area contributed by atoms with Crippen LogP contribution in [0.3, 0.4) is 0 Å². The van der Waals surface area contributed by atoms with Crippen molar-refractivity contribution in [1.82, 2.24) is 9.97 Å². The van der Waals surface area contributed by atoms with Crippen LogP contribution in [0.25, 0.3) is 11.4 Å². The minimum Gasteiger partial charge on any atom is -0.306 e. The number of hydrogen-bond donors (Lipinski definition) is 2. The maximum absolute atomic E-state index is 13.6. The van der Waals surface area contributed by atoms with Crippen molar-refractivity contribution >= 4 is 33.3 Å². The molecule has 1 heterocycles. The van der Waals surface area contributed by atoms with Gasteiger partial charge in [0.25, 0.3) is 0 Å². The van der Waals surface area contributed by atoms with Gasteiger partial charge in [0, 0.05) is 15.1 Å². The number of aromatic nitrogens is 2. The van der Waals surface area contributed by atoms with Crippen LogP contribution in [0.15, 0.2) is 22.7 Å². The van der Waals surface area contributed by atoms with Gasteiger partial charge in [0.15, 0.2) is 17.5 Å². The number of nitrogens with zero attached hydrogens (tertiary/aromatic N) is 2. The number of halogens is 3. The molecule has 0 saturated carbocycles. The summed E-state index contributed by atoms with van der Waals surface area (Å²) in [6.07, 6.45) is 0. The summed E-state index contributed by atoms with van der Waals surface area (Å²) in [4.78, 5) is 8.10. The van der Waals surface area contributed by atoms with Gasteiger partial charge in [-0.2, -0.15) is 0 Å². The Kier molecular flexibility index (Phi) is 3.79. The first-order valence-corrected chi connectivity index (χ1v) is 6.16. The lowest BCUT2D eigenvalue weighted by Crippen LogP contribution is -2.13. The number of benzene rings is 1. The predicted molar refractivity (Wildman–Crippen MR) is 72.7 cm³/mol. The predicted octanol–water partition coefficient (Wildman–Crippen LogP) is 3.29. The van der Waals surface area contributed by atoms with Crippen molar-refractivity contribution in [3.05, 3.63) is 39.2 Å². The van der Waals surface area contributed by atoms with Gasteiger partial charge in [0.1, 0.15) is 0 Å². The fraction of sp³-hybridized carbons (Fsp3) is 0.0909. The van der Waals surface area contributed by atoms with Gasteiger partial charge in [-0.3, -0.25) is 0 Å². The highest BCUT2D eigenvalue weighted by Crippen LogP contribution is 2.29. The number of rotatable bonds is 2. The monoisotopic (exact) mass is 330 g/mol. The molecule has 0 fully saturated rings. The number of aryl methyl sites for hydroxylation is 1. The highest BCUT2D eigenvalue weighted by atomic mass is 79.9. The van der Waals surface area contributed by atoms with E-state index in [4.69, 9.17) is 17.4 Å². The van der Waals surface area contributed by atoms with Crippen LogP contribution in [0.2, 0.25) is 5.02 Å². The number of hydrazine groups is 1. The lowest BCUT2D eigenvalue weighted by Gasteiger charge is -2.08. The van der Waals surface area contributed by atoms with Crippen molar-refractivity contribution < 1.29 is 4.39 Å². The van der Waals surface area contributed by atoms with Crippen molar-refractivity contribution in [2.45, 2.75) is 6.92 Å². The Labute approximate surface area is 116 Å². The molecule has 0 saturated heterocycles. The molecule has 7 heteroatoms. The maximum Gasteiger partial charge on any atom is 0.187 e. The summed E-state index contributed by atoms with van der Waals surface area (Å²) in [5.74, 6) is 4.98. The van der Waals surface area contributed by atoms with E-state index in [1.807, 2.05) is 0 Å². The molecule has 2 aromatic rings. The van der Waals surface area contributed by atoms with Gasteiger partial charge in [-0.05, 0) is 41.1 Å². The van der Waals surface area contributed by atoms with E-state index in [0.717, 1.165) is 4.47 Å². The molecule has 0 unspecified atom stereocenters. The van der Waals surface area contributed by atoms with Gasteiger partial charge in [0.05, 0.1) is 5.69 Å². The normalized spacial score (nSPS) is 10.5. The van der Waals surface area contributed by atoms with Gasteiger partial charge < -0.3 is 5.43 Å². The third-order valence-corrected chi connectivity index (χ3v) is 3.22. The first kappa shape index (κ1) is 13.2. The highest BCUT2D eigenvalue weighted by molar-refractivity contribution is 9.10. The van der Waals surface area contributed by atoms with Crippen molar-refractivity contribution in [3.8, 4) is 11.4 Å². The molecular weight excluding hydrogens is 323 g/mol. The molecule has 0 atom stereocenters. The summed E-state index contributed by atoms with van der Waals surface area (Å²) < 4.78 is 14.3. The molecule has 0 bridgehead atoms. The van der Waals surface area contributed by atoms with Gasteiger partial charge in [-0.25, -0.2) is 20.2 Å². The fourth-order valence-corrected chi connectivity index (χ4v) is 2.31. The third kappa shape index (κ3) is 2.45. The Hall–Kier alpha value is -1.24. The minimum absolute atomic E-state index is 0.0423. The summed E-state index contributed by atoms with van der Waals surface area (Å²) in [6.45, 7) is 1.55. The first-order valence-electron chi connectivity index (χ1n) is 4.99. The summed E-state index contributed by atoms with van der Waals surface area (Å²) >= 11 is 9.22. The molecule has 4 nitrogen and oxygen atoms in total. The lowest BCUT2D eigenvalue weighted by molar-refractivity contribution is 0.606. The average Bonchev–Trinajstić information content (AvgIpc) is 2.32. The Bertz CT molecular complexity index is 606. The van der Waals surface area contributed by atoms with E-state index in [2.05, 4.69) is 31.3 Å². The molecule has 0 radical (unpaired) electrons. The van der Waals surface area contributed by atoms with Gasteiger partial charge >= 0.3 is 0 Å². The van der Waals surface area contributed by atoms with Crippen LogP contribution in [0.1, 0.15) is 5.69 Å². The van der Waals surface area contributed by atoms with Crippen molar-refractivity contribution in [1.29, 1.82) is 0 Å². The zero-order chi connectivity index (χ0) is 13.3. The van der Waals surface area contributed by atoms with Crippen LogP contribution < -0.4 is 11.3 Å². The molecule has 94 valence electrons. The molecular formula is C11H9BrClFN4. The second kappa shape index (κ2) is 5.17. The molecule has 3 N–H and O–H groups in total. The summed E-state index contributed by atoms with van der Waals surface area (Å²) in [5.41, 5.74) is 3.13. The largest absolute Gasteiger partial charge is 0.306 e. The van der Waals surface area contributed by atoms with E-state index in [0.29, 0.717) is 16.4 Å². The molecule has 18 heavy (non-hydrogen) atoms. The van der Waals surface area contributed by atoms with E-state index < -0.39 is 5.82 Å². The first-order chi connectivity index (χ1) is 8.52. The quantitative estimate of drug-likeness (QED) is 0.655. The second-order valence-electron chi connectivity index (χ2n) is 3.56. The number of nitrogen functional groups attached to an aromatic ring is 1. The zero-order valence-corrected chi connectivity index (χ0v) is 11.7. The highest BCUT2D eigenvalue weighted by Gasteiger charge is 2.13. The second-order valence-corrected chi connectivity index (χ2v) is 4.85. The molecule has 0 aliphatic rings. The topological polar surface area (TPSA) is 63.8 Å². The van der Waals surface area contributed by atoms with E-state index in [1.165, 1.54) is 0 Å². The number of nitrogens with one attached hydrogen (secondary N) is 1. The lowest BCUT2D eigenvalue weighted by atomic mass is 10.2. The van der Waals surface area contributed by atoms with Crippen molar-refractivity contribution in [2.75, 3.05) is 5.43 Å². The zero-order valence-electron chi connectivity index (χ0n) is 9.34. The van der Waals surface area contributed by atoms with E-state index in [9.17, 15) is 4.39 Å². The molecule has 0 amide bonds. The fourth-order valence-electron chi connectivity index (χ4n) is 1.45. The number of hydrogen-bond acceptors (Lipinski definition) is 4. The van der Waals surface area contributed by atoms with Gasteiger partial charge in [-0.15, -0.1) is 0 Å². The SMILES string of the molecule is Cc1nc(-c2ccc(Cl)cc2Br)nc(NN)c1F. The van der Waals surface area contributed by atoms with E-state index in [-0.39, 0.29) is 11.5 Å². The van der Waals surface area contributed by atoms with Crippen LogP contribution >= 0.6 is 27.5 Å². The van der Waals surface area contributed by atoms with E-state index in [1.54, 1.807) is 25.1 Å². The Morgan fingerprint density at radius 2 is 2.11 bits per heavy atom. The van der Waals surface area contributed by atoms with Crippen LogP contribution in [-0.2, 0) is 0 Å². The average molecular weight is 332 g/mol. The van der Waals surface area contributed by atoms with Gasteiger partial charge in [0.2, 0.25) is 0 Å². The Morgan fingerprint density at radius 3 is 2.72 bits per heavy atom. The van der Waals surface area contributed by atoms with Crippen molar-refractivity contribution in [2.24, 2.45) is 5.84 Å². The minimum atomic E-state index is -0.564. The summed E-state index contributed by atoms with van der Waals surface area (Å²) in [7, 11) is 0. The Balaban J connectivity index is 2.60. The summed E-state index contributed by atoms with van der Waals surface area (Å²) in [5, 5.41) is 0.585.